The van der Waals surface area contributed by atoms with Gasteiger partial charge in [0.2, 0.25) is 0 Å². The number of aromatic amines is 1. The van der Waals surface area contributed by atoms with Crippen LogP contribution in [0.25, 0.3) is 22.4 Å². The first-order chi connectivity index (χ1) is 15.8. The van der Waals surface area contributed by atoms with Gasteiger partial charge in [-0.15, -0.1) is 11.8 Å². The Bertz CT molecular complexity index is 1330. The molecule has 7 N–H and O–H groups in total. The van der Waals surface area contributed by atoms with Crippen LogP contribution >= 0.6 is 35.2 Å². The second-order valence-electron chi connectivity index (χ2n) is 6.59. The van der Waals surface area contributed by atoms with Crippen molar-refractivity contribution in [2.75, 3.05) is 18.1 Å². The Kier molecular flexibility index (Phi) is 7.05. The van der Waals surface area contributed by atoms with Crippen molar-refractivity contribution in [3.8, 4) is 11.4 Å². The van der Waals surface area contributed by atoms with Crippen molar-refractivity contribution in [3.63, 3.8) is 0 Å². The van der Waals surface area contributed by atoms with Crippen LogP contribution in [0.2, 0.25) is 0 Å². The van der Waals surface area contributed by atoms with Crippen LogP contribution in [0.1, 0.15) is 6.23 Å². The quantitative estimate of drug-likeness (QED) is 0.202. The van der Waals surface area contributed by atoms with E-state index < -0.39 is 41.7 Å². The minimum Gasteiger partial charge on any atom is -0.383 e. The third-order valence-electron chi connectivity index (χ3n) is 4.23. The molecule has 4 atom stereocenters. The summed E-state index contributed by atoms with van der Waals surface area (Å²) in [5.74, 6) is 1.11. The zero-order valence-electron chi connectivity index (χ0n) is 16.6. The Morgan fingerprint density at radius 1 is 1.18 bits per heavy atom. The lowest BCUT2D eigenvalue weighted by molar-refractivity contribution is -0.00189. The number of hydrogen-bond donors (Lipinski definition) is 6. The molecule has 0 saturated carbocycles. The normalized spacial score (nSPS) is 22.6. The number of rotatable bonds is 9. The second-order valence-corrected chi connectivity index (χ2v) is 12.2. The average molecular weight is 558 g/mol. The maximum Gasteiger partial charge on any atom is 0.490 e. The van der Waals surface area contributed by atoms with E-state index in [1.165, 1.54) is 18.1 Å². The molecule has 1 aliphatic rings. The number of anilines is 1. The van der Waals surface area contributed by atoms with Crippen LogP contribution in [-0.2, 0) is 31.6 Å². The molecule has 21 heteroatoms. The second kappa shape index (κ2) is 9.43. The summed E-state index contributed by atoms with van der Waals surface area (Å²) in [6.07, 6.45) is 5.60. The Labute approximate surface area is 194 Å². The van der Waals surface area contributed by atoms with Gasteiger partial charge in [0.25, 0.3) is 0 Å². The largest absolute Gasteiger partial charge is 0.490 e. The molecule has 0 bridgehead atoms. The molecule has 0 radical (unpaired) electrons. The molecule has 186 valence electrons. The topological polar surface area (TPSA) is 254 Å². The van der Waals surface area contributed by atoms with Gasteiger partial charge in [0.1, 0.15) is 35.3 Å². The zero-order valence-corrected chi connectivity index (χ0v) is 20.1. The van der Waals surface area contributed by atoms with E-state index in [2.05, 4.69) is 33.1 Å². The number of aromatic nitrogens is 5. The van der Waals surface area contributed by atoms with Crippen LogP contribution < -0.4 is 5.73 Å². The molecule has 17 nitrogen and oxygen atoms in total. The molecule has 3 aromatic heterocycles. The molecule has 1 saturated heterocycles. The minimum absolute atomic E-state index is 0.227. The predicted octanol–water partition coefficient (Wildman–Crippen LogP) is 1.33. The SMILES string of the molecule is Nc1ncnc2c1c(-c1ncc[nH]1)cn2[C@H]1CS[C@@H](COP(=O)(O)OP(=O)(O)OP(=O)(O)O)O1. The molecule has 1 fully saturated rings. The van der Waals surface area contributed by atoms with Crippen molar-refractivity contribution in [1.82, 2.24) is 24.5 Å². The van der Waals surface area contributed by atoms with Crippen molar-refractivity contribution in [3.05, 3.63) is 24.9 Å². The lowest BCUT2D eigenvalue weighted by atomic mass is 10.2. The van der Waals surface area contributed by atoms with Gasteiger partial charge in [-0.2, -0.15) is 8.62 Å². The molecule has 4 heterocycles. The van der Waals surface area contributed by atoms with Crippen LogP contribution in [0.4, 0.5) is 5.82 Å². The van der Waals surface area contributed by atoms with Gasteiger partial charge in [-0.3, -0.25) is 4.52 Å². The maximum atomic E-state index is 11.9. The zero-order chi connectivity index (χ0) is 24.7. The highest BCUT2D eigenvalue weighted by Gasteiger charge is 2.41. The van der Waals surface area contributed by atoms with Gasteiger partial charge in [0.05, 0.1) is 12.0 Å². The lowest BCUT2D eigenvalue weighted by Crippen LogP contribution is -2.15. The fourth-order valence-electron chi connectivity index (χ4n) is 3.06. The summed E-state index contributed by atoms with van der Waals surface area (Å²) in [6.45, 7) is -0.577. The summed E-state index contributed by atoms with van der Waals surface area (Å²) >= 11 is 1.19. The number of phosphoric ester groups is 1. The van der Waals surface area contributed by atoms with Crippen LogP contribution in [0.15, 0.2) is 24.9 Å². The third kappa shape index (κ3) is 5.94. The number of imidazole rings is 1. The van der Waals surface area contributed by atoms with Crippen molar-refractivity contribution in [1.29, 1.82) is 0 Å². The van der Waals surface area contributed by atoms with Crippen molar-refractivity contribution in [2.24, 2.45) is 0 Å². The number of fused-ring (bicyclic) bond motifs is 1. The maximum absolute atomic E-state index is 11.9. The number of phosphoric acid groups is 3. The minimum atomic E-state index is -5.60. The predicted molar refractivity (Wildman–Crippen MR) is 116 cm³/mol. The van der Waals surface area contributed by atoms with E-state index in [1.807, 2.05) is 0 Å². The first kappa shape index (κ1) is 25.4. The monoisotopic (exact) mass is 558 g/mol. The number of nitrogens with two attached hydrogens (primary N) is 1. The Morgan fingerprint density at radius 3 is 2.62 bits per heavy atom. The highest BCUT2D eigenvalue weighted by Crippen LogP contribution is 2.66. The number of nitrogens with one attached hydrogen (secondary N) is 1. The van der Waals surface area contributed by atoms with E-state index in [4.69, 9.17) is 20.3 Å². The molecular weight excluding hydrogens is 541 g/mol. The van der Waals surface area contributed by atoms with E-state index in [0.29, 0.717) is 28.2 Å². The van der Waals surface area contributed by atoms with Gasteiger partial charge in [-0.25, -0.2) is 28.6 Å². The molecule has 1 aliphatic heterocycles. The Morgan fingerprint density at radius 2 is 1.94 bits per heavy atom. The van der Waals surface area contributed by atoms with Gasteiger partial charge in [-0.1, -0.05) is 0 Å². The van der Waals surface area contributed by atoms with Crippen LogP contribution in [-0.4, -0.2) is 61.9 Å². The molecule has 0 spiro atoms. The van der Waals surface area contributed by atoms with Gasteiger partial charge < -0.3 is 39.6 Å². The fraction of sp³-hybridized carbons (Fsp3) is 0.308. The number of nitrogen functional groups attached to an aromatic ring is 1. The van der Waals surface area contributed by atoms with Crippen LogP contribution in [0.3, 0.4) is 0 Å². The van der Waals surface area contributed by atoms with Gasteiger partial charge in [0, 0.05) is 29.9 Å². The summed E-state index contributed by atoms with van der Waals surface area (Å²) < 4.78 is 53.5. The smallest absolute Gasteiger partial charge is 0.383 e. The molecule has 2 unspecified atom stereocenters. The molecular formula is C13H17N6O11P3S. The summed E-state index contributed by atoms with van der Waals surface area (Å²) in [5, 5.41) is 0.544. The van der Waals surface area contributed by atoms with Crippen molar-refractivity contribution >= 4 is 52.1 Å². The Balaban J connectivity index is 1.45. The lowest BCUT2D eigenvalue weighted by Gasteiger charge is -2.18. The van der Waals surface area contributed by atoms with Crippen molar-refractivity contribution in [2.45, 2.75) is 11.7 Å². The standard InChI is InChI=1S/C13H17N6O11P3S/c14-11-10-7(12-15-1-2-16-12)3-19(13(10)18-6-17-11)8-5-34-9(28-8)4-27-32(23,24)30-33(25,26)29-31(20,21)22/h1-3,6,8-9H,4-5H2,(H,15,16)(H,23,24)(H,25,26)(H2,14,17,18)(H2,20,21,22)/t8-,9+/m1/s1. The van der Waals surface area contributed by atoms with E-state index in [9.17, 15) is 23.5 Å². The number of ether oxygens (including phenoxy) is 1. The number of nitrogens with zero attached hydrogens (tertiary/aromatic N) is 4. The van der Waals surface area contributed by atoms with Crippen LogP contribution in [0.5, 0.6) is 0 Å². The highest BCUT2D eigenvalue weighted by atomic mass is 32.2. The van der Waals surface area contributed by atoms with Gasteiger partial charge in [0.15, 0.2) is 0 Å². The summed E-state index contributed by atoms with van der Waals surface area (Å²) in [7, 11) is -16.3. The van der Waals surface area contributed by atoms with Crippen molar-refractivity contribution < 1.29 is 51.2 Å². The van der Waals surface area contributed by atoms with Gasteiger partial charge >= 0.3 is 23.5 Å². The molecule has 0 amide bonds. The molecule has 3 aromatic rings. The van der Waals surface area contributed by atoms with E-state index in [0.717, 1.165) is 0 Å². The first-order valence-electron chi connectivity index (χ1n) is 9.00. The molecule has 0 aromatic carbocycles. The average Bonchev–Trinajstić information content (AvgIpc) is 3.43. The summed E-state index contributed by atoms with van der Waals surface area (Å²) in [6, 6.07) is 0. The van der Waals surface area contributed by atoms with Gasteiger partial charge in [-0.05, 0) is 0 Å². The van der Waals surface area contributed by atoms with E-state index in [-0.39, 0.29) is 5.82 Å². The third-order valence-corrected chi connectivity index (χ3v) is 9.12. The summed E-state index contributed by atoms with van der Waals surface area (Å²) in [5.41, 5.74) is 6.30. The number of H-pyrrole nitrogens is 1. The first-order valence-corrected chi connectivity index (χ1v) is 14.6. The highest BCUT2D eigenvalue weighted by molar-refractivity contribution is 8.00. The Hall–Kier alpha value is -1.65. The van der Waals surface area contributed by atoms with E-state index >= 15 is 0 Å². The molecule has 0 aliphatic carbocycles. The number of hydrogen-bond acceptors (Lipinski definition) is 12. The summed E-state index contributed by atoms with van der Waals surface area (Å²) in [4.78, 5) is 51.4. The molecule has 4 rings (SSSR count). The fourth-order valence-corrected chi connectivity index (χ4v) is 7.16. The number of thioether (sulfide) groups is 1. The van der Waals surface area contributed by atoms with E-state index in [1.54, 1.807) is 23.2 Å². The molecule has 34 heavy (non-hydrogen) atoms. The van der Waals surface area contributed by atoms with Crippen LogP contribution in [0, 0.1) is 0 Å².